The van der Waals surface area contributed by atoms with Crippen molar-refractivity contribution in [2.45, 2.75) is 0 Å². The van der Waals surface area contributed by atoms with Crippen LogP contribution in [0.25, 0.3) is 0 Å². The number of nitrogens with one attached hydrogen (secondary N) is 1. The Morgan fingerprint density at radius 2 is 1.77 bits per heavy atom. The number of nitrogens with zero attached hydrogens (tertiary/aromatic N) is 1. The zero-order valence-electron chi connectivity index (χ0n) is 14.5. The molecule has 0 saturated heterocycles. The lowest BCUT2D eigenvalue weighted by Gasteiger charge is -2.21. The van der Waals surface area contributed by atoms with Crippen molar-refractivity contribution in [2.24, 2.45) is 0 Å². The predicted octanol–water partition coefficient (Wildman–Crippen LogP) is 2.30. The molecule has 0 unspecified atom stereocenters. The fraction of sp³-hybridized carbons (Fsp3) is 0.211. The van der Waals surface area contributed by atoms with Gasteiger partial charge in [-0.15, -0.1) is 0 Å². The van der Waals surface area contributed by atoms with Gasteiger partial charge in [-0.05, 0) is 18.2 Å². The smallest absolute Gasteiger partial charge is 0.319 e. The maximum absolute atomic E-state index is 12.8. The molecular weight excluding hydrogens is 356 g/mol. The number of halogens is 1. The van der Waals surface area contributed by atoms with Gasteiger partial charge in [0.1, 0.15) is 0 Å². The minimum absolute atomic E-state index is 0.0762. The lowest BCUT2D eigenvalue weighted by Crippen LogP contribution is -2.38. The van der Waals surface area contributed by atoms with Crippen molar-refractivity contribution in [1.29, 1.82) is 0 Å². The normalized spacial score (nSPS) is 10.3. The van der Waals surface area contributed by atoms with E-state index >= 15 is 0 Å². The summed E-state index contributed by atoms with van der Waals surface area (Å²) in [6.07, 6.45) is 0. The number of anilines is 1. The van der Waals surface area contributed by atoms with E-state index in [2.05, 4.69) is 10.1 Å². The molecule has 0 atom stereocenters. The molecule has 136 valence electrons. The zero-order chi connectivity index (χ0) is 19.1. The Kier molecular flexibility index (Phi) is 6.89. The summed E-state index contributed by atoms with van der Waals surface area (Å²) in [6, 6.07) is 13.5. The molecule has 0 heterocycles. The number of amides is 1. The van der Waals surface area contributed by atoms with Gasteiger partial charge in [0.2, 0.25) is 5.91 Å². The lowest BCUT2D eigenvalue weighted by molar-refractivity contribution is -0.139. The average Bonchev–Trinajstić information content (AvgIpc) is 2.67. The Morgan fingerprint density at radius 1 is 1.08 bits per heavy atom. The number of likely N-dealkylation sites (N-methyl/N-ethyl adjacent to an activating group) is 1. The van der Waals surface area contributed by atoms with Crippen LogP contribution in [0.15, 0.2) is 48.5 Å². The number of methoxy groups -OCH3 is 1. The largest absolute Gasteiger partial charge is 0.468 e. The third kappa shape index (κ3) is 4.91. The van der Waals surface area contributed by atoms with Crippen molar-refractivity contribution in [2.75, 3.05) is 32.1 Å². The quantitative estimate of drug-likeness (QED) is 0.594. The van der Waals surface area contributed by atoms with E-state index in [0.717, 1.165) is 0 Å². The van der Waals surface area contributed by atoms with E-state index in [9.17, 15) is 14.4 Å². The molecule has 0 bridgehead atoms. The van der Waals surface area contributed by atoms with Crippen LogP contribution in [0.3, 0.4) is 0 Å². The number of benzene rings is 2. The summed E-state index contributed by atoms with van der Waals surface area (Å²) in [5.41, 5.74) is 1.27. The molecule has 0 radical (unpaired) electrons. The number of ether oxygens (including phenoxy) is 1. The molecule has 0 fully saturated rings. The van der Waals surface area contributed by atoms with Gasteiger partial charge in [-0.3, -0.25) is 19.7 Å². The highest BCUT2D eigenvalue weighted by Crippen LogP contribution is 2.26. The molecule has 7 heteroatoms. The van der Waals surface area contributed by atoms with Gasteiger partial charge in [0.15, 0.2) is 5.78 Å². The summed E-state index contributed by atoms with van der Waals surface area (Å²) >= 11 is 6.05. The maximum Gasteiger partial charge on any atom is 0.319 e. The summed E-state index contributed by atoms with van der Waals surface area (Å²) in [5, 5.41) is 3.10. The van der Waals surface area contributed by atoms with Crippen molar-refractivity contribution in [3.05, 3.63) is 64.7 Å². The Morgan fingerprint density at radius 3 is 2.42 bits per heavy atom. The van der Waals surface area contributed by atoms with Crippen molar-refractivity contribution in [3.8, 4) is 0 Å². The summed E-state index contributed by atoms with van der Waals surface area (Å²) < 4.78 is 4.50. The molecule has 1 N–H and O–H groups in total. The van der Waals surface area contributed by atoms with E-state index in [0.29, 0.717) is 21.8 Å². The van der Waals surface area contributed by atoms with Crippen molar-refractivity contribution < 1.29 is 19.1 Å². The molecule has 0 saturated carbocycles. The highest BCUT2D eigenvalue weighted by molar-refractivity contribution is 6.31. The van der Waals surface area contributed by atoms with E-state index in [4.69, 9.17) is 11.6 Å². The first-order chi connectivity index (χ1) is 12.4. The van der Waals surface area contributed by atoms with Crippen LogP contribution < -0.4 is 10.2 Å². The van der Waals surface area contributed by atoms with Gasteiger partial charge < -0.3 is 9.64 Å². The van der Waals surface area contributed by atoms with Crippen LogP contribution in [-0.2, 0) is 14.3 Å². The highest BCUT2D eigenvalue weighted by atomic mass is 35.5. The van der Waals surface area contributed by atoms with E-state index in [1.54, 1.807) is 43.4 Å². The fourth-order valence-electron chi connectivity index (χ4n) is 2.32. The summed E-state index contributed by atoms with van der Waals surface area (Å²) in [7, 11) is 2.83. The van der Waals surface area contributed by atoms with Crippen LogP contribution in [0.4, 0.5) is 5.69 Å². The third-order valence-electron chi connectivity index (χ3n) is 3.75. The maximum atomic E-state index is 12.8. The monoisotopic (exact) mass is 374 g/mol. The minimum atomic E-state index is -0.466. The molecule has 2 rings (SSSR count). The van der Waals surface area contributed by atoms with Gasteiger partial charge in [-0.25, -0.2) is 0 Å². The number of rotatable bonds is 7. The first-order valence-corrected chi connectivity index (χ1v) is 8.25. The summed E-state index contributed by atoms with van der Waals surface area (Å²) in [4.78, 5) is 37.7. The highest BCUT2D eigenvalue weighted by Gasteiger charge is 2.20. The van der Waals surface area contributed by atoms with Crippen LogP contribution in [0.2, 0.25) is 5.02 Å². The van der Waals surface area contributed by atoms with E-state index < -0.39 is 5.97 Å². The summed E-state index contributed by atoms with van der Waals surface area (Å²) in [5.74, 6) is -1.00. The molecule has 0 aliphatic rings. The first kappa shape index (κ1) is 19.6. The Hall–Kier alpha value is -2.70. The molecule has 0 aliphatic carbocycles. The summed E-state index contributed by atoms with van der Waals surface area (Å²) in [6.45, 7) is -0.153. The van der Waals surface area contributed by atoms with Crippen molar-refractivity contribution in [1.82, 2.24) is 5.32 Å². The van der Waals surface area contributed by atoms with Gasteiger partial charge in [0.25, 0.3) is 0 Å². The SMILES string of the molecule is COC(=O)CNCC(=O)N(C)c1ccc(Cl)cc1C(=O)c1ccccc1. The van der Waals surface area contributed by atoms with Crippen LogP contribution >= 0.6 is 11.6 Å². The fourth-order valence-corrected chi connectivity index (χ4v) is 2.50. The van der Waals surface area contributed by atoms with Gasteiger partial charge in [0.05, 0.1) is 25.9 Å². The Bertz CT molecular complexity index is 808. The first-order valence-electron chi connectivity index (χ1n) is 7.87. The molecule has 0 spiro atoms. The van der Waals surface area contributed by atoms with E-state index in [1.807, 2.05) is 6.07 Å². The van der Waals surface area contributed by atoms with Crippen molar-refractivity contribution >= 4 is 34.9 Å². The molecule has 0 aromatic heterocycles. The van der Waals surface area contributed by atoms with Crippen LogP contribution in [0.5, 0.6) is 0 Å². The topological polar surface area (TPSA) is 75.7 Å². The number of hydrogen-bond donors (Lipinski definition) is 1. The number of hydrogen-bond acceptors (Lipinski definition) is 5. The Labute approximate surface area is 156 Å². The third-order valence-corrected chi connectivity index (χ3v) is 3.98. The van der Waals surface area contributed by atoms with Gasteiger partial charge in [-0.1, -0.05) is 41.9 Å². The van der Waals surface area contributed by atoms with Crippen LogP contribution in [0, 0.1) is 0 Å². The number of esters is 1. The number of carbonyl (C=O) groups excluding carboxylic acids is 3. The second-order valence-electron chi connectivity index (χ2n) is 5.49. The standard InChI is InChI=1S/C19H19ClN2O4/c1-22(17(23)11-21-12-18(24)26-2)16-9-8-14(20)10-15(16)19(25)13-6-4-3-5-7-13/h3-10,21H,11-12H2,1-2H3. The van der Waals surface area contributed by atoms with Gasteiger partial charge in [0, 0.05) is 23.2 Å². The molecule has 6 nitrogen and oxygen atoms in total. The van der Waals surface area contributed by atoms with Gasteiger partial charge >= 0.3 is 5.97 Å². The molecular formula is C19H19ClN2O4. The molecule has 1 amide bonds. The number of ketones is 1. The second-order valence-corrected chi connectivity index (χ2v) is 5.93. The molecule has 26 heavy (non-hydrogen) atoms. The van der Waals surface area contributed by atoms with Gasteiger partial charge in [-0.2, -0.15) is 0 Å². The molecule has 2 aromatic rings. The zero-order valence-corrected chi connectivity index (χ0v) is 15.2. The van der Waals surface area contributed by atoms with Crippen LogP contribution in [0.1, 0.15) is 15.9 Å². The molecule has 2 aromatic carbocycles. The van der Waals surface area contributed by atoms with E-state index in [1.165, 1.54) is 18.1 Å². The van der Waals surface area contributed by atoms with Crippen molar-refractivity contribution in [3.63, 3.8) is 0 Å². The average molecular weight is 375 g/mol. The molecule has 0 aliphatic heterocycles. The lowest BCUT2D eigenvalue weighted by atomic mass is 10.0. The van der Waals surface area contributed by atoms with E-state index in [-0.39, 0.29) is 24.8 Å². The minimum Gasteiger partial charge on any atom is -0.468 e. The van der Waals surface area contributed by atoms with Crippen LogP contribution in [-0.4, -0.2) is 44.9 Å². The number of carbonyl (C=O) groups is 3. The Balaban J connectivity index is 2.22. The second kappa shape index (κ2) is 9.12. The predicted molar refractivity (Wildman–Crippen MR) is 99.6 cm³/mol.